The molecule has 2 amide bonds. The summed E-state index contributed by atoms with van der Waals surface area (Å²) in [6, 6.07) is 0. The molecule has 33 heavy (non-hydrogen) atoms. The van der Waals surface area contributed by atoms with Crippen LogP contribution in [0.3, 0.4) is 0 Å². The van der Waals surface area contributed by atoms with E-state index in [0.717, 1.165) is 45.3 Å². The number of nitrogens with one attached hydrogen (secondary N) is 2. The second-order valence-corrected chi connectivity index (χ2v) is 8.83. The average Bonchev–Trinajstić information content (AvgIpc) is 3.36. The van der Waals surface area contributed by atoms with Gasteiger partial charge in [-0.1, -0.05) is 39.5 Å². The maximum absolute atomic E-state index is 15.3. The van der Waals surface area contributed by atoms with Crippen LogP contribution in [-0.4, -0.2) is 76.7 Å². The summed E-state index contributed by atoms with van der Waals surface area (Å²) in [4.78, 5) is 36.6. The highest BCUT2D eigenvalue weighted by atomic mass is 19.1. The average molecular weight is 466 g/mol. The standard InChI is InChI=1S/C22H36FN7O3/c1-3-18-24-20(19(23)21(25-18)29-11-9-28(4-2)10-12-29)26-27-22(32)17(14-30(33)15-31)13-16-7-5-6-8-16/h15-17,33H,3-14H2,1-2H3,(H,27,32)(H,24,25,26)/t17-/m1/s1. The largest absolute Gasteiger partial charge is 0.351 e. The maximum Gasteiger partial charge on any atom is 0.243 e. The molecule has 184 valence electrons. The molecule has 0 bridgehead atoms. The van der Waals surface area contributed by atoms with Gasteiger partial charge in [0.15, 0.2) is 11.6 Å². The van der Waals surface area contributed by atoms with Crippen molar-refractivity contribution < 1.29 is 19.2 Å². The summed E-state index contributed by atoms with van der Waals surface area (Å²) in [6.45, 7) is 7.82. The number of aryl methyl sites for hydroxylation is 1. The summed E-state index contributed by atoms with van der Waals surface area (Å²) < 4.78 is 15.3. The van der Waals surface area contributed by atoms with Crippen molar-refractivity contribution in [2.24, 2.45) is 11.8 Å². The first-order chi connectivity index (χ1) is 15.9. The molecule has 3 N–H and O–H groups in total. The number of hydroxylamine groups is 2. The van der Waals surface area contributed by atoms with Crippen LogP contribution in [0.25, 0.3) is 0 Å². The van der Waals surface area contributed by atoms with Crippen molar-refractivity contribution in [1.82, 2.24) is 25.4 Å². The Morgan fingerprint density at radius 2 is 1.94 bits per heavy atom. The van der Waals surface area contributed by atoms with Crippen LogP contribution in [0.15, 0.2) is 0 Å². The number of hydrazine groups is 1. The number of aromatic nitrogens is 2. The normalized spacial score (nSPS) is 18.2. The van der Waals surface area contributed by atoms with E-state index in [9.17, 15) is 14.8 Å². The third kappa shape index (κ3) is 6.73. The number of anilines is 2. The molecule has 0 unspecified atom stereocenters. The van der Waals surface area contributed by atoms with E-state index in [1.807, 2.05) is 11.8 Å². The molecular formula is C22H36FN7O3. The summed E-state index contributed by atoms with van der Waals surface area (Å²) in [5, 5.41) is 10.1. The second kappa shape index (κ2) is 12.1. The Labute approximate surface area is 194 Å². The lowest BCUT2D eigenvalue weighted by molar-refractivity contribution is -0.154. The third-order valence-electron chi connectivity index (χ3n) is 6.61. The van der Waals surface area contributed by atoms with Crippen molar-refractivity contribution in [3.63, 3.8) is 0 Å². The molecule has 3 rings (SSSR count). The van der Waals surface area contributed by atoms with Crippen LogP contribution in [0.1, 0.15) is 51.8 Å². The van der Waals surface area contributed by atoms with Gasteiger partial charge in [0.25, 0.3) is 0 Å². The molecule has 1 aromatic heterocycles. The Morgan fingerprint density at radius 3 is 2.55 bits per heavy atom. The van der Waals surface area contributed by atoms with Crippen LogP contribution in [0, 0.1) is 17.7 Å². The van der Waals surface area contributed by atoms with Crippen molar-refractivity contribution >= 4 is 24.0 Å². The van der Waals surface area contributed by atoms with Gasteiger partial charge >= 0.3 is 0 Å². The van der Waals surface area contributed by atoms with Crippen LogP contribution >= 0.6 is 0 Å². The van der Waals surface area contributed by atoms with Crippen molar-refractivity contribution in [3.05, 3.63) is 11.6 Å². The third-order valence-corrected chi connectivity index (χ3v) is 6.61. The molecular weight excluding hydrogens is 429 g/mol. The van der Waals surface area contributed by atoms with E-state index in [2.05, 4.69) is 32.6 Å². The van der Waals surface area contributed by atoms with Crippen LogP contribution in [0.2, 0.25) is 0 Å². The summed E-state index contributed by atoms with van der Waals surface area (Å²) in [7, 11) is 0. The molecule has 0 spiro atoms. The fourth-order valence-corrected chi connectivity index (χ4v) is 4.61. The summed E-state index contributed by atoms with van der Waals surface area (Å²) >= 11 is 0. The molecule has 1 atom stereocenters. The van der Waals surface area contributed by atoms with Gasteiger partial charge in [0.1, 0.15) is 5.82 Å². The fourth-order valence-electron chi connectivity index (χ4n) is 4.61. The number of carbonyl (C=O) groups excluding carboxylic acids is 2. The van der Waals surface area contributed by atoms with E-state index in [4.69, 9.17) is 0 Å². The van der Waals surface area contributed by atoms with Crippen LogP contribution in [0.5, 0.6) is 0 Å². The number of piperazine rings is 1. The van der Waals surface area contributed by atoms with E-state index in [1.165, 1.54) is 0 Å². The molecule has 0 radical (unpaired) electrons. The first-order valence-electron chi connectivity index (χ1n) is 12.0. The molecule has 1 aliphatic heterocycles. The van der Waals surface area contributed by atoms with Crippen molar-refractivity contribution in [2.75, 3.05) is 49.6 Å². The van der Waals surface area contributed by atoms with Gasteiger partial charge in [-0.2, -0.15) is 4.39 Å². The Balaban J connectivity index is 1.70. The van der Waals surface area contributed by atoms with Gasteiger partial charge in [-0.25, -0.2) is 15.0 Å². The SMILES string of the molecule is CCc1nc(NNC(=O)[C@H](CC2CCCC2)CN(O)C=O)c(F)c(N2CCN(CC)CC2)n1. The molecule has 1 saturated heterocycles. The first-order valence-corrected chi connectivity index (χ1v) is 12.0. The van der Waals surface area contributed by atoms with Crippen molar-refractivity contribution in [1.29, 1.82) is 0 Å². The van der Waals surface area contributed by atoms with Crippen molar-refractivity contribution in [3.8, 4) is 0 Å². The number of rotatable bonds is 11. The van der Waals surface area contributed by atoms with Crippen LogP contribution in [0.4, 0.5) is 16.0 Å². The molecule has 1 aromatic rings. The number of halogens is 1. The zero-order valence-corrected chi connectivity index (χ0v) is 19.6. The molecule has 1 saturated carbocycles. The molecule has 1 aliphatic carbocycles. The second-order valence-electron chi connectivity index (χ2n) is 8.83. The highest BCUT2D eigenvalue weighted by molar-refractivity contribution is 5.80. The van der Waals surface area contributed by atoms with Crippen molar-refractivity contribution in [2.45, 2.75) is 52.4 Å². The van der Waals surface area contributed by atoms with Gasteiger partial charge in [0.2, 0.25) is 18.1 Å². The Bertz CT molecular complexity index is 798. The fraction of sp³-hybridized carbons (Fsp3) is 0.727. The predicted molar refractivity (Wildman–Crippen MR) is 122 cm³/mol. The van der Waals surface area contributed by atoms with Gasteiger partial charge in [-0.05, 0) is 18.9 Å². The molecule has 10 nitrogen and oxygen atoms in total. The molecule has 2 fully saturated rings. The van der Waals surface area contributed by atoms with Gasteiger partial charge in [0.05, 0.1) is 12.5 Å². The van der Waals surface area contributed by atoms with E-state index in [0.29, 0.717) is 42.7 Å². The number of amides is 2. The van der Waals surface area contributed by atoms with E-state index in [1.54, 1.807) is 0 Å². The Hall–Kier alpha value is -2.53. The van der Waals surface area contributed by atoms with Gasteiger partial charge in [-0.3, -0.25) is 25.6 Å². The zero-order valence-electron chi connectivity index (χ0n) is 19.6. The molecule has 2 aliphatic rings. The number of carbonyl (C=O) groups is 2. The van der Waals surface area contributed by atoms with Gasteiger partial charge in [0, 0.05) is 32.6 Å². The minimum atomic E-state index is -0.618. The smallest absolute Gasteiger partial charge is 0.243 e. The molecule has 2 heterocycles. The predicted octanol–water partition coefficient (Wildman–Crippen LogP) is 1.81. The summed E-state index contributed by atoms with van der Waals surface area (Å²) in [6.07, 6.45) is 5.65. The highest BCUT2D eigenvalue weighted by Gasteiger charge is 2.28. The topological polar surface area (TPSA) is 114 Å². The minimum absolute atomic E-state index is 0.0843. The first kappa shape index (κ1) is 25.1. The zero-order chi connectivity index (χ0) is 23.8. The monoisotopic (exact) mass is 465 g/mol. The Kier molecular flexibility index (Phi) is 9.19. The molecule has 0 aromatic carbocycles. The summed E-state index contributed by atoms with van der Waals surface area (Å²) in [5.41, 5.74) is 5.17. The number of nitrogens with zero attached hydrogens (tertiary/aromatic N) is 5. The lowest BCUT2D eigenvalue weighted by Crippen LogP contribution is -2.47. The Morgan fingerprint density at radius 1 is 1.24 bits per heavy atom. The number of hydrogen-bond acceptors (Lipinski definition) is 8. The maximum atomic E-state index is 15.3. The van der Waals surface area contributed by atoms with Crippen LogP contribution in [-0.2, 0) is 16.0 Å². The number of hydrogen-bond donors (Lipinski definition) is 3. The van der Waals surface area contributed by atoms with Gasteiger partial charge < -0.3 is 9.80 Å². The van der Waals surface area contributed by atoms with E-state index < -0.39 is 17.6 Å². The van der Waals surface area contributed by atoms with E-state index in [-0.39, 0.29) is 24.6 Å². The van der Waals surface area contributed by atoms with Crippen LogP contribution < -0.4 is 15.8 Å². The van der Waals surface area contributed by atoms with E-state index >= 15 is 4.39 Å². The molecule has 11 heteroatoms. The minimum Gasteiger partial charge on any atom is -0.351 e. The van der Waals surface area contributed by atoms with Gasteiger partial charge in [-0.15, -0.1) is 0 Å². The quantitative estimate of drug-likeness (QED) is 0.258. The highest BCUT2D eigenvalue weighted by Crippen LogP contribution is 2.31. The lowest BCUT2D eigenvalue weighted by Gasteiger charge is -2.35. The lowest BCUT2D eigenvalue weighted by atomic mass is 9.92. The number of likely N-dealkylation sites (N-methyl/N-ethyl adjacent to an activating group) is 1. The summed E-state index contributed by atoms with van der Waals surface area (Å²) in [5.74, 6) is -0.646.